The largest absolute Gasteiger partial charge is 0.481 e. The van der Waals surface area contributed by atoms with E-state index in [1.165, 1.54) is 0 Å². The number of nitrogens with zero attached hydrogens (tertiary/aromatic N) is 1. The highest BCUT2D eigenvalue weighted by atomic mass is 16.4. The van der Waals surface area contributed by atoms with Gasteiger partial charge in [0.25, 0.3) is 0 Å². The van der Waals surface area contributed by atoms with E-state index in [2.05, 4.69) is 4.90 Å². The number of carboxylic acid groups (broad SMARTS) is 1. The summed E-state index contributed by atoms with van der Waals surface area (Å²) in [7, 11) is 0. The van der Waals surface area contributed by atoms with Gasteiger partial charge in [-0.2, -0.15) is 0 Å². The molecule has 92 valence electrons. The summed E-state index contributed by atoms with van der Waals surface area (Å²) in [6.07, 6.45) is 3.88. The summed E-state index contributed by atoms with van der Waals surface area (Å²) in [5, 5.41) is 19.0. The second kappa shape index (κ2) is 4.72. The lowest BCUT2D eigenvalue weighted by Crippen LogP contribution is -2.44. The second-order valence-electron chi connectivity index (χ2n) is 5.30. The van der Waals surface area contributed by atoms with E-state index in [4.69, 9.17) is 5.11 Å². The summed E-state index contributed by atoms with van der Waals surface area (Å²) < 4.78 is 0. The molecule has 1 heterocycles. The van der Waals surface area contributed by atoms with Crippen LogP contribution < -0.4 is 0 Å². The van der Waals surface area contributed by atoms with Crippen molar-refractivity contribution in [2.75, 3.05) is 13.1 Å². The van der Waals surface area contributed by atoms with Gasteiger partial charge in [-0.1, -0.05) is 19.8 Å². The molecule has 2 unspecified atom stereocenters. The molecule has 0 amide bonds. The van der Waals surface area contributed by atoms with Crippen LogP contribution in [0.1, 0.15) is 32.6 Å². The molecule has 0 bridgehead atoms. The second-order valence-corrected chi connectivity index (χ2v) is 5.30. The van der Waals surface area contributed by atoms with Gasteiger partial charge in [0.05, 0.1) is 12.0 Å². The molecular weight excluding hydrogens is 206 g/mol. The van der Waals surface area contributed by atoms with Crippen LogP contribution in [0.2, 0.25) is 0 Å². The highest BCUT2D eigenvalue weighted by molar-refractivity contribution is 5.71. The predicted molar refractivity (Wildman–Crippen MR) is 60.1 cm³/mol. The minimum atomic E-state index is -0.694. The van der Waals surface area contributed by atoms with Crippen molar-refractivity contribution in [1.82, 2.24) is 4.90 Å². The predicted octanol–water partition coefficient (Wildman–Crippen LogP) is 0.942. The van der Waals surface area contributed by atoms with Crippen LogP contribution in [-0.2, 0) is 4.79 Å². The van der Waals surface area contributed by atoms with E-state index in [9.17, 15) is 9.90 Å². The normalized spacial score (nSPS) is 41.1. The number of likely N-dealkylation sites (tertiary alicyclic amines) is 1. The van der Waals surface area contributed by atoms with Crippen molar-refractivity contribution in [2.24, 2.45) is 11.8 Å². The number of aliphatic carboxylic acids is 1. The zero-order chi connectivity index (χ0) is 11.7. The van der Waals surface area contributed by atoms with E-state index >= 15 is 0 Å². The van der Waals surface area contributed by atoms with Gasteiger partial charge >= 0.3 is 5.97 Å². The van der Waals surface area contributed by atoms with Gasteiger partial charge in [-0.25, -0.2) is 0 Å². The monoisotopic (exact) mass is 227 g/mol. The highest BCUT2D eigenvalue weighted by Crippen LogP contribution is 2.30. The Bertz CT molecular complexity index is 269. The number of hydrogen-bond acceptors (Lipinski definition) is 3. The molecule has 1 saturated heterocycles. The Labute approximate surface area is 96.3 Å². The Balaban J connectivity index is 1.98. The topological polar surface area (TPSA) is 60.8 Å². The molecule has 2 fully saturated rings. The lowest BCUT2D eigenvalue weighted by molar-refractivity contribution is -0.142. The first-order valence-corrected chi connectivity index (χ1v) is 6.24. The number of aliphatic hydroxyl groups is 1. The smallest absolute Gasteiger partial charge is 0.308 e. The van der Waals surface area contributed by atoms with Crippen LogP contribution in [0.5, 0.6) is 0 Å². The maximum Gasteiger partial charge on any atom is 0.308 e. The van der Waals surface area contributed by atoms with E-state index in [-0.39, 0.29) is 24.0 Å². The summed E-state index contributed by atoms with van der Waals surface area (Å²) in [4.78, 5) is 13.2. The fraction of sp³-hybridized carbons (Fsp3) is 0.917. The molecule has 2 aliphatic rings. The zero-order valence-corrected chi connectivity index (χ0v) is 9.80. The van der Waals surface area contributed by atoms with Crippen molar-refractivity contribution in [3.63, 3.8) is 0 Å². The van der Waals surface area contributed by atoms with Gasteiger partial charge in [0.2, 0.25) is 0 Å². The van der Waals surface area contributed by atoms with E-state index < -0.39 is 5.97 Å². The molecule has 4 heteroatoms. The van der Waals surface area contributed by atoms with E-state index in [1.807, 2.05) is 6.92 Å². The number of hydrogen-bond donors (Lipinski definition) is 2. The first-order valence-electron chi connectivity index (χ1n) is 6.24. The van der Waals surface area contributed by atoms with Crippen LogP contribution in [0.3, 0.4) is 0 Å². The third-order valence-electron chi connectivity index (χ3n) is 4.12. The molecule has 4 nitrogen and oxygen atoms in total. The molecule has 16 heavy (non-hydrogen) atoms. The average Bonchev–Trinajstić information content (AvgIpc) is 2.61. The summed E-state index contributed by atoms with van der Waals surface area (Å²) in [5.41, 5.74) is 0. The molecule has 1 aliphatic carbocycles. The van der Waals surface area contributed by atoms with Crippen LogP contribution in [0.15, 0.2) is 0 Å². The molecule has 1 saturated carbocycles. The molecule has 0 aromatic rings. The first kappa shape index (κ1) is 11.9. The zero-order valence-electron chi connectivity index (χ0n) is 9.80. The minimum absolute atomic E-state index is 0.195. The van der Waals surface area contributed by atoms with Crippen LogP contribution in [0.25, 0.3) is 0 Å². The lowest BCUT2D eigenvalue weighted by atomic mass is 9.91. The summed E-state index contributed by atoms with van der Waals surface area (Å²) >= 11 is 0. The van der Waals surface area contributed by atoms with Crippen LogP contribution in [0, 0.1) is 11.8 Å². The quantitative estimate of drug-likeness (QED) is 0.737. The molecule has 0 radical (unpaired) electrons. The molecule has 2 N–H and O–H groups in total. The summed E-state index contributed by atoms with van der Waals surface area (Å²) in [5.74, 6) is -0.749. The van der Waals surface area contributed by atoms with Gasteiger partial charge in [0.15, 0.2) is 0 Å². The highest BCUT2D eigenvalue weighted by Gasteiger charge is 2.40. The van der Waals surface area contributed by atoms with Crippen molar-refractivity contribution in [3.8, 4) is 0 Å². The van der Waals surface area contributed by atoms with Crippen molar-refractivity contribution in [3.05, 3.63) is 0 Å². The SMILES string of the molecule is C[C@@H]1CN(C2CCCCC2O)C[C@H]1C(=O)O. The fourth-order valence-corrected chi connectivity index (χ4v) is 3.11. The first-order chi connectivity index (χ1) is 7.59. The standard InChI is InChI=1S/C12H21NO3/c1-8-6-13(7-9(8)12(15)16)10-4-2-3-5-11(10)14/h8-11,14H,2-7H2,1H3,(H,15,16)/t8-,9-,10?,11?/m1/s1. The van der Waals surface area contributed by atoms with Crippen molar-refractivity contribution < 1.29 is 15.0 Å². The van der Waals surface area contributed by atoms with Gasteiger partial charge in [0, 0.05) is 19.1 Å². The number of carbonyl (C=O) groups is 1. The van der Waals surface area contributed by atoms with Crippen molar-refractivity contribution in [1.29, 1.82) is 0 Å². The van der Waals surface area contributed by atoms with Crippen molar-refractivity contribution >= 4 is 5.97 Å². The van der Waals surface area contributed by atoms with Gasteiger partial charge in [-0.15, -0.1) is 0 Å². The molecule has 0 aromatic heterocycles. The lowest BCUT2D eigenvalue weighted by Gasteiger charge is -2.35. The van der Waals surface area contributed by atoms with Crippen LogP contribution in [0.4, 0.5) is 0 Å². The third-order valence-corrected chi connectivity index (χ3v) is 4.12. The Hall–Kier alpha value is -0.610. The number of aliphatic hydroxyl groups excluding tert-OH is 1. The fourth-order valence-electron chi connectivity index (χ4n) is 3.11. The van der Waals surface area contributed by atoms with Crippen LogP contribution in [-0.4, -0.2) is 46.3 Å². The molecular formula is C12H21NO3. The Morgan fingerprint density at radius 3 is 2.50 bits per heavy atom. The molecule has 4 atom stereocenters. The van der Waals surface area contributed by atoms with E-state index in [0.717, 1.165) is 32.2 Å². The van der Waals surface area contributed by atoms with Gasteiger partial charge in [-0.3, -0.25) is 9.69 Å². The Kier molecular flexibility index (Phi) is 3.50. The number of carboxylic acids is 1. The Morgan fingerprint density at radius 2 is 1.94 bits per heavy atom. The maximum atomic E-state index is 11.0. The van der Waals surface area contributed by atoms with Gasteiger partial charge < -0.3 is 10.2 Å². The molecule has 0 aromatic carbocycles. The molecule has 2 rings (SSSR count). The van der Waals surface area contributed by atoms with Crippen molar-refractivity contribution in [2.45, 2.75) is 44.8 Å². The maximum absolute atomic E-state index is 11.0. The third kappa shape index (κ3) is 2.23. The minimum Gasteiger partial charge on any atom is -0.481 e. The molecule has 1 aliphatic heterocycles. The summed E-state index contributed by atoms with van der Waals surface area (Å²) in [6.45, 7) is 3.42. The Morgan fingerprint density at radius 1 is 1.25 bits per heavy atom. The van der Waals surface area contributed by atoms with Crippen LogP contribution >= 0.6 is 0 Å². The number of rotatable bonds is 2. The van der Waals surface area contributed by atoms with Gasteiger partial charge in [-0.05, 0) is 18.8 Å². The van der Waals surface area contributed by atoms with E-state index in [1.54, 1.807) is 0 Å². The van der Waals surface area contributed by atoms with Gasteiger partial charge in [0.1, 0.15) is 0 Å². The average molecular weight is 227 g/mol. The van der Waals surface area contributed by atoms with E-state index in [0.29, 0.717) is 6.54 Å². The molecule has 0 spiro atoms. The summed E-state index contributed by atoms with van der Waals surface area (Å²) in [6, 6.07) is 0.195.